The second-order valence-electron chi connectivity index (χ2n) is 7.58. The molecule has 2 rings (SSSR count). The molecule has 0 bridgehead atoms. The highest BCUT2D eigenvalue weighted by molar-refractivity contribution is 5.67. The summed E-state index contributed by atoms with van der Waals surface area (Å²) in [5.41, 5.74) is 1.05. The Morgan fingerprint density at radius 2 is 1.72 bits per heavy atom. The van der Waals surface area contributed by atoms with Gasteiger partial charge < -0.3 is 9.84 Å². The zero-order valence-corrected chi connectivity index (χ0v) is 15.7. The summed E-state index contributed by atoms with van der Waals surface area (Å²) in [6, 6.07) is 7.89. The number of aryl methyl sites for hydroxylation is 1. The molecule has 1 aromatic rings. The number of hydrogen-bond donors (Lipinski definition) is 1. The Hall–Kier alpha value is -1.51. The van der Waals surface area contributed by atoms with Crippen LogP contribution in [0.1, 0.15) is 76.7 Å². The number of carbonyl (C=O) groups is 1. The molecule has 1 aliphatic rings. The molecule has 0 atom stereocenters. The van der Waals surface area contributed by atoms with Crippen LogP contribution in [0.25, 0.3) is 0 Å². The third-order valence-corrected chi connectivity index (χ3v) is 5.47. The maximum Gasteiger partial charge on any atom is 0.303 e. The molecule has 1 N–H and O–H groups in total. The fourth-order valence-electron chi connectivity index (χ4n) is 3.76. The Morgan fingerprint density at radius 1 is 1.04 bits per heavy atom. The van der Waals surface area contributed by atoms with Gasteiger partial charge in [-0.3, -0.25) is 4.79 Å². The number of aliphatic carboxylic acids is 1. The van der Waals surface area contributed by atoms with E-state index in [0.29, 0.717) is 12.3 Å². The van der Waals surface area contributed by atoms with Gasteiger partial charge in [0.25, 0.3) is 0 Å². The molecule has 3 nitrogen and oxygen atoms in total. The molecule has 0 aliphatic heterocycles. The lowest BCUT2D eigenvalue weighted by Gasteiger charge is -2.28. The van der Waals surface area contributed by atoms with Gasteiger partial charge >= 0.3 is 5.97 Å². The summed E-state index contributed by atoms with van der Waals surface area (Å²) in [6.45, 7) is 3.09. The van der Waals surface area contributed by atoms with Gasteiger partial charge in [0, 0.05) is 6.42 Å². The number of benzene rings is 1. The Morgan fingerprint density at radius 3 is 2.36 bits per heavy atom. The van der Waals surface area contributed by atoms with Crippen LogP contribution in [0.5, 0.6) is 5.75 Å². The fraction of sp³-hybridized carbons (Fsp3) is 0.682. The standard InChI is InChI=1S/C22H34O3/c1-2-3-4-5-6-18-7-9-20(10-8-18)17-25-21-14-11-19(12-15-21)13-16-22(23)24/h11-12,14-15,18,20H,2-10,13,16-17H2,1H3,(H,23,24). The summed E-state index contributed by atoms with van der Waals surface area (Å²) in [5, 5.41) is 8.72. The largest absolute Gasteiger partial charge is 0.493 e. The predicted octanol–water partition coefficient (Wildman–Crippen LogP) is 5.86. The molecule has 0 spiro atoms. The quantitative estimate of drug-likeness (QED) is 0.510. The van der Waals surface area contributed by atoms with Crippen molar-refractivity contribution >= 4 is 5.97 Å². The van der Waals surface area contributed by atoms with Gasteiger partial charge in [0.2, 0.25) is 0 Å². The third kappa shape index (κ3) is 7.94. The molecule has 140 valence electrons. The van der Waals surface area contributed by atoms with Gasteiger partial charge in [0.1, 0.15) is 5.75 Å². The molecule has 1 fully saturated rings. The van der Waals surface area contributed by atoms with Crippen LogP contribution in [-0.2, 0) is 11.2 Å². The van der Waals surface area contributed by atoms with E-state index in [0.717, 1.165) is 23.8 Å². The second-order valence-corrected chi connectivity index (χ2v) is 7.58. The summed E-state index contributed by atoms with van der Waals surface area (Å²) in [5.74, 6) is 1.79. The van der Waals surface area contributed by atoms with Crippen LogP contribution in [0.15, 0.2) is 24.3 Å². The van der Waals surface area contributed by atoms with Crippen molar-refractivity contribution in [1.82, 2.24) is 0 Å². The van der Waals surface area contributed by atoms with Crippen molar-refractivity contribution in [2.24, 2.45) is 11.8 Å². The van der Waals surface area contributed by atoms with Crippen molar-refractivity contribution in [3.8, 4) is 5.75 Å². The van der Waals surface area contributed by atoms with Crippen LogP contribution in [0.2, 0.25) is 0 Å². The summed E-state index contributed by atoms with van der Waals surface area (Å²) in [6.07, 6.45) is 13.1. The van der Waals surface area contributed by atoms with Gasteiger partial charge in [-0.05, 0) is 48.8 Å². The molecule has 0 aromatic heterocycles. The minimum atomic E-state index is -0.749. The van der Waals surface area contributed by atoms with E-state index in [1.165, 1.54) is 57.8 Å². The average molecular weight is 347 g/mol. The monoisotopic (exact) mass is 346 g/mol. The topological polar surface area (TPSA) is 46.5 Å². The minimum Gasteiger partial charge on any atom is -0.493 e. The van der Waals surface area contributed by atoms with Crippen LogP contribution in [0.4, 0.5) is 0 Å². The average Bonchev–Trinajstić information content (AvgIpc) is 2.63. The van der Waals surface area contributed by atoms with Crippen LogP contribution < -0.4 is 4.74 Å². The van der Waals surface area contributed by atoms with Gasteiger partial charge in [0.05, 0.1) is 6.61 Å². The van der Waals surface area contributed by atoms with Crippen molar-refractivity contribution in [3.63, 3.8) is 0 Å². The van der Waals surface area contributed by atoms with Gasteiger partial charge in [-0.25, -0.2) is 0 Å². The normalized spacial score (nSPS) is 20.4. The first-order valence-corrected chi connectivity index (χ1v) is 10.1. The fourth-order valence-corrected chi connectivity index (χ4v) is 3.76. The van der Waals surface area contributed by atoms with E-state index in [-0.39, 0.29) is 6.42 Å². The van der Waals surface area contributed by atoms with Gasteiger partial charge in [-0.2, -0.15) is 0 Å². The van der Waals surface area contributed by atoms with Crippen LogP contribution in [0, 0.1) is 11.8 Å². The van der Waals surface area contributed by atoms with Crippen molar-refractivity contribution in [1.29, 1.82) is 0 Å². The first-order valence-electron chi connectivity index (χ1n) is 10.1. The second kappa shape index (κ2) is 11.2. The number of unbranched alkanes of at least 4 members (excludes halogenated alkanes) is 3. The molecule has 0 radical (unpaired) electrons. The highest BCUT2D eigenvalue weighted by Gasteiger charge is 2.21. The first kappa shape index (κ1) is 19.8. The zero-order valence-electron chi connectivity index (χ0n) is 15.7. The molecule has 1 aromatic carbocycles. The lowest BCUT2D eigenvalue weighted by molar-refractivity contribution is -0.136. The lowest BCUT2D eigenvalue weighted by Crippen LogP contribution is -2.20. The molecule has 0 unspecified atom stereocenters. The van der Waals surface area contributed by atoms with Crippen LogP contribution >= 0.6 is 0 Å². The lowest BCUT2D eigenvalue weighted by atomic mass is 9.80. The third-order valence-electron chi connectivity index (χ3n) is 5.47. The number of ether oxygens (including phenoxy) is 1. The SMILES string of the molecule is CCCCCCC1CCC(COc2ccc(CCC(=O)O)cc2)CC1. The molecule has 0 heterocycles. The highest BCUT2D eigenvalue weighted by Crippen LogP contribution is 2.32. The smallest absolute Gasteiger partial charge is 0.303 e. The maximum atomic E-state index is 10.6. The molecule has 1 saturated carbocycles. The van der Waals surface area contributed by atoms with Crippen molar-refractivity contribution in [2.45, 2.75) is 77.6 Å². The summed E-state index contributed by atoms with van der Waals surface area (Å²) in [7, 11) is 0. The van der Waals surface area contributed by atoms with Crippen molar-refractivity contribution in [2.75, 3.05) is 6.61 Å². The maximum absolute atomic E-state index is 10.6. The Kier molecular flexibility index (Phi) is 8.85. The molecular weight excluding hydrogens is 312 g/mol. The molecule has 0 saturated heterocycles. The summed E-state index contributed by atoms with van der Waals surface area (Å²) >= 11 is 0. The Bertz CT molecular complexity index is 486. The molecule has 25 heavy (non-hydrogen) atoms. The zero-order chi connectivity index (χ0) is 17.9. The predicted molar refractivity (Wildman–Crippen MR) is 102 cm³/mol. The van der Waals surface area contributed by atoms with E-state index in [9.17, 15) is 4.79 Å². The van der Waals surface area contributed by atoms with Gasteiger partial charge in [-0.15, -0.1) is 0 Å². The van der Waals surface area contributed by atoms with E-state index in [4.69, 9.17) is 9.84 Å². The highest BCUT2D eigenvalue weighted by atomic mass is 16.5. The van der Waals surface area contributed by atoms with Crippen molar-refractivity contribution in [3.05, 3.63) is 29.8 Å². The van der Waals surface area contributed by atoms with Gasteiger partial charge in [-0.1, -0.05) is 64.0 Å². The Labute approximate surface area is 152 Å². The summed E-state index contributed by atoms with van der Waals surface area (Å²) < 4.78 is 5.96. The molecule has 3 heteroatoms. The van der Waals surface area contributed by atoms with E-state index in [1.54, 1.807) is 0 Å². The molecule has 0 amide bonds. The molecular formula is C22H34O3. The Balaban J connectivity index is 1.61. The van der Waals surface area contributed by atoms with Gasteiger partial charge in [0.15, 0.2) is 0 Å². The number of carboxylic acid groups (broad SMARTS) is 1. The van der Waals surface area contributed by atoms with Crippen LogP contribution in [0.3, 0.4) is 0 Å². The van der Waals surface area contributed by atoms with E-state index in [2.05, 4.69) is 6.92 Å². The number of hydrogen-bond acceptors (Lipinski definition) is 2. The number of rotatable bonds is 11. The first-order chi connectivity index (χ1) is 12.2. The van der Waals surface area contributed by atoms with E-state index >= 15 is 0 Å². The molecule has 1 aliphatic carbocycles. The summed E-state index contributed by atoms with van der Waals surface area (Å²) in [4.78, 5) is 10.6. The van der Waals surface area contributed by atoms with Crippen molar-refractivity contribution < 1.29 is 14.6 Å². The van der Waals surface area contributed by atoms with E-state index in [1.807, 2.05) is 24.3 Å². The minimum absolute atomic E-state index is 0.182. The number of carboxylic acids is 1. The van der Waals surface area contributed by atoms with Crippen LogP contribution in [-0.4, -0.2) is 17.7 Å². The van der Waals surface area contributed by atoms with E-state index < -0.39 is 5.97 Å².